The smallest absolute Gasteiger partial charge is 0.303 e. The maximum absolute atomic E-state index is 12.2. The van der Waals surface area contributed by atoms with Gasteiger partial charge in [-0.2, -0.15) is 0 Å². The highest BCUT2D eigenvalue weighted by atomic mass is 32.2. The fraction of sp³-hybridized carbons (Fsp3) is 0.571. The largest absolute Gasteiger partial charge is 0.497 e. The van der Waals surface area contributed by atoms with Gasteiger partial charge in [0.05, 0.1) is 25.0 Å². The molecule has 1 aromatic heterocycles. The van der Waals surface area contributed by atoms with E-state index in [2.05, 4.69) is 4.98 Å². The van der Waals surface area contributed by atoms with Crippen molar-refractivity contribution in [2.24, 2.45) is 5.41 Å². The summed E-state index contributed by atoms with van der Waals surface area (Å²) in [5.41, 5.74) is 1.30. The van der Waals surface area contributed by atoms with Crippen LogP contribution in [0, 0.1) is 12.3 Å². The zero-order chi connectivity index (χ0) is 14.8. The predicted molar refractivity (Wildman–Crippen MR) is 76.2 cm³/mol. The molecule has 1 atom stereocenters. The Morgan fingerprint density at radius 2 is 2.20 bits per heavy atom. The van der Waals surface area contributed by atoms with Crippen molar-refractivity contribution in [1.29, 1.82) is 0 Å². The van der Waals surface area contributed by atoms with Crippen LogP contribution in [0.5, 0.6) is 5.75 Å². The summed E-state index contributed by atoms with van der Waals surface area (Å²) >= 11 is 0. The molecule has 2 rings (SSSR count). The summed E-state index contributed by atoms with van der Waals surface area (Å²) in [4.78, 5) is 15.1. The summed E-state index contributed by atoms with van der Waals surface area (Å²) in [5.74, 6) is 0.683. The van der Waals surface area contributed by atoms with Crippen molar-refractivity contribution in [2.75, 3.05) is 12.9 Å². The number of aliphatic carboxylic acids is 1. The average molecular weight is 297 g/mol. The van der Waals surface area contributed by atoms with E-state index in [9.17, 15) is 9.00 Å². The van der Waals surface area contributed by atoms with Gasteiger partial charge in [0.15, 0.2) is 0 Å². The third-order valence-electron chi connectivity index (χ3n) is 3.48. The van der Waals surface area contributed by atoms with Gasteiger partial charge in [0.2, 0.25) is 0 Å². The number of nitrogens with zero attached hydrogens (tertiary/aromatic N) is 1. The number of methoxy groups -OCH3 is 1. The lowest BCUT2D eigenvalue weighted by molar-refractivity contribution is -0.138. The van der Waals surface area contributed by atoms with Gasteiger partial charge in [-0.15, -0.1) is 0 Å². The van der Waals surface area contributed by atoms with E-state index < -0.39 is 16.8 Å². The summed E-state index contributed by atoms with van der Waals surface area (Å²) in [5, 5.41) is 8.87. The number of carboxylic acids is 1. The maximum Gasteiger partial charge on any atom is 0.303 e. The second-order valence-electron chi connectivity index (χ2n) is 5.44. The van der Waals surface area contributed by atoms with Crippen LogP contribution < -0.4 is 4.74 Å². The SMILES string of the molecule is COc1cc(C)nc(CS(=O)CC2(CC(=O)O)CC2)c1. The Kier molecular flexibility index (Phi) is 4.42. The van der Waals surface area contributed by atoms with Crippen LogP contribution in [0.3, 0.4) is 0 Å². The van der Waals surface area contributed by atoms with Crippen LogP contribution in [0.25, 0.3) is 0 Å². The van der Waals surface area contributed by atoms with E-state index in [1.165, 1.54) is 0 Å². The van der Waals surface area contributed by atoms with E-state index in [1.807, 2.05) is 13.0 Å². The summed E-state index contributed by atoms with van der Waals surface area (Å²) in [6.07, 6.45) is 1.83. The first-order valence-electron chi connectivity index (χ1n) is 6.51. The van der Waals surface area contributed by atoms with Gasteiger partial charge in [-0.1, -0.05) is 0 Å². The van der Waals surface area contributed by atoms with Crippen LogP contribution >= 0.6 is 0 Å². The van der Waals surface area contributed by atoms with Gasteiger partial charge in [0.1, 0.15) is 5.75 Å². The van der Waals surface area contributed by atoms with Crippen molar-refractivity contribution >= 4 is 16.8 Å². The average Bonchev–Trinajstić information content (AvgIpc) is 3.06. The third kappa shape index (κ3) is 4.03. The molecule has 1 heterocycles. The highest BCUT2D eigenvalue weighted by molar-refractivity contribution is 7.84. The number of carbonyl (C=O) groups is 1. The number of carboxylic acid groups (broad SMARTS) is 1. The van der Waals surface area contributed by atoms with Crippen molar-refractivity contribution in [3.63, 3.8) is 0 Å². The van der Waals surface area contributed by atoms with E-state index in [0.717, 1.165) is 24.2 Å². The molecule has 1 aliphatic rings. The fourth-order valence-electron chi connectivity index (χ4n) is 2.32. The lowest BCUT2D eigenvalue weighted by Gasteiger charge is -2.12. The molecular weight excluding hydrogens is 278 g/mol. The summed E-state index contributed by atoms with van der Waals surface area (Å²) < 4.78 is 17.4. The molecule has 0 aliphatic heterocycles. The molecule has 1 N–H and O–H groups in total. The number of hydrogen-bond acceptors (Lipinski definition) is 4. The molecule has 20 heavy (non-hydrogen) atoms. The van der Waals surface area contributed by atoms with Gasteiger partial charge in [0.25, 0.3) is 0 Å². The Hall–Kier alpha value is -1.43. The molecule has 1 aromatic rings. The molecule has 110 valence electrons. The molecule has 5 nitrogen and oxygen atoms in total. The van der Waals surface area contributed by atoms with E-state index >= 15 is 0 Å². The summed E-state index contributed by atoms with van der Waals surface area (Å²) in [6.45, 7) is 1.86. The first kappa shape index (κ1) is 15.0. The second kappa shape index (κ2) is 5.91. The molecule has 1 unspecified atom stereocenters. The lowest BCUT2D eigenvalue weighted by Crippen LogP contribution is -2.17. The van der Waals surface area contributed by atoms with Gasteiger partial charge in [-0.05, 0) is 25.2 Å². The monoisotopic (exact) mass is 297 g/mol. The van der Waals surface area contributed by atoms with Crippen LogP contribution in [-0.2, 0) is 21.3 Å². The van der Waals surface area contributed by atoms with E-state index in [1.54, 1.807) is 13.2 Å². The van der Waals surface area contributed by atoms with Crippen molar-refractivity contribution in [3.8, 4) is 5.75 Å². The van der Waals surface area contributed by atoms with Gasteiger partial charge in [-0.3, -0.25) is 14.0 Å². The Bertz CT molecular complexity index is 540. The Morgan fingerprint density at radius 1 is 1.50 bits per heavy atom. The number of hydrogen-bond donors (Lipinski definition) is 1. The van der Waals surface area contributed by atoms with Crippen LogP contribution in [0.2, 0.25) is 0 Å². The topological polar surface area (TPSA) is 76.5 Å². The molecule has 0 saturated heterocycles. The van der Waals surface area contributed by atoms with Crippen molar-refractivity contribution < 1.29 is 18.8 Å². The van der Waals surface area contributed by atoms with Crippen LogP contribution in [0.15, 0.2) is 12.1 Å². The van der Waals surface area contributed by atoms with Crippen molar-refractivity contribution in [2.45, 2.75) is 31.9 Å². The standard InChI is InChI=1S/C14H19NO4S/c1-10-5-12(19-2)6-11(15-10)8-20(18)9-14(3-4-14)7-13(16)17/h5-6H,3-4,7-9H2,1-2H3,(H,16,17). The summed E-state index contributed by atoms with van der Waals surface area (Å²) in [7, 11) is 0.491. The highest BCUT2D eigenvalue weighted by Crippen LogP contribution is 2.49. The summed E-state index contributed by atoms with van der Waals surface area (Å²) in [6, 6.07) is 3.60. The highest BCUT2D eigenvalue weighted by Gasteiger charge is 2.45. The number of aromatic nitrogens is 1. The quantitative estimate of drug-likeness (QED) is 0.832. The molecule has 0 bridgehead atoms. The molecule has 6 heteroatoms. The maximum atomic E-state index is 12.2. The second-order valence-corrected chi connectivity index (χ2v) is 6.90. The van der Waals surface area contributed by atoms with Gasteiger partial charge < -0.3 is 9.84 Å². The molecule has 0 spiro atoms. The molecule has 0 radical (unpaired) electrons. The number of pyridine rings is 1. The van der Waals surface area contributed by atoms with Gasteiger partial charge in [0, 0.05) is 34.4 Å². The minimum atomic E-state index is -1.09. The molecule has 0 aromatic carbocycles. The lowest BCUT2D eigenvalue weighted by atomic mass is 10.1. The van der Waals surface area contributed by atoms with Crippen molar-refractivity contribution in [3.05, 3.63) is 23.5 Å². The molecule has 1 fully saturated rings. The van der Waals surface area contributed by atoms with Crippen molar-refractivity contribution in [1.82, 2.24) is 4.98 Å². The Morgan fingerprint density at radius 3 is 2.75 bits per heavy atom. The zero-order valence-electron chi connectivity index (χ0n) is 11.7. The van der Waals surface area contributed by atoms with Crippen LogP contribution in [0.4, 0.5) is 0 Å². The van der Waals surface area contributed by atoms with Crippen LogP contribution in [0.1, 0.15) is 30.7 Å². The number of rotatable bonds is 7. The van der Waals surface area contributed by atoms with E-state index in [4.69, 9.17) is 9.84 Å². The minimum absolute atomic E-state index is 0.114. The first-order chi connectivity index (χ1) is 9.42. The molecular formula is C14H19NO4S. The normalized spacial score (nSPS) is 17.5. The van der Waals surface area contributed by atoms with Gasteiger partial charge >= 0.3 is 5.97 Å². The molecule has 1 saturated carbocycles. The molecule has 1 aliphatic carbocycles. The first-order valence-corrected chi connectivity index (χ1v) is 8.00. The number of ether oxygens (including phenoxy) is 1. The number of aryl methyl sites for hydroxylation is 1. The van der Waals surface area contributed by atoms with Gasteiger partial charge in [-0.25, -0.2) is 0 Å². The van der Waals surface area contributed by atoms with E-state index in [0.29, 0.717) is 17.3 Å². The van der Waals surface area contributed by atoms with Crippen LogP contribution in [-0.4, -0.2) is 33.1 Å². The van der Waals surface area contributed by atoms with E-state index in [-0.39, 0.29) is 11.8 Å². The molecule has 0 amide bonds. The Balaban J connectivity index is 1.98. The third-order valence-corrected chi connectivity index (χ3v) is 5.03. The minimum Gasteiger partial charge on any atom is -0.497 e. The fourth-order valence-corrected chi connectivity index (χ4v) is 3.98. The Labute approximate surface area is 120 Å². The zero-order valence-corrected chi connectivity index (χ0v) is 12.5. The predicted octanol–water partition coefficient (Wildman–Crippen LogP) is 1.90.